The van der Waals surface area contributed by atoms with Crippen molar-refractivity contribution in [2.45, 2.75) is 39.3 Å². The maximum Gasteiger partial charge on any atom is 0.0481 e. The number of fused-ring (bicyclic) bond motifs is 1. The first-order chi connectivity index (χ1) is 7.13. The molecule has 0 saturated carbocycles. The van der Waals surface area contributed by atoms with Crippen LogP contribution in [0, 0.1) is 5.41 Å². The van der Waals surface area contributed by atoms with Crippen molar-refractivity contribution in [1.82, 2.24) is 8.01 Å². The molecule has 2 aliphatic rings. The van der Waals surface area contributed by atoms with Gasteiger partial charge in [-0.2, -0.15) is 0 Å². The lowest BCUT2D eigenvalue weighted by Gasteiger charge is -2.42. The summed E-state index contributed by atoms with van der Waals surface area (Å²) in [6, 6.07) is 1.41. The third-order valence-corrected chi connectivity index (χ3v) is 5.53. The highest BCUT2D eigenvalue weighted by Crippen LogP contribution is 2.50. The van der Waals surface area contributed by atoms with E-state index in [-0.39, 0.29) is 0 Å². The third kappa shape index (κ3) is 1.87. The van der Waals surface area contributed by atoms with E-state index in [4.69, 9.17) is 0 Å². The van der Waals surface area contributed by atoms with E-state index in [0.29, 0.717) is 11.5 Å². The highest BCUT2D eigenvalue weighted by molar-refractivity contribution is 14.1. The maximum absolute atomic E-state index is 2.55. The monoisotopic (exact) mass is 320 g/mol. The van der Waals surface area contributed by atoms with Gasteiger partial charge in [-0.25, -0.2) is 3.11 Å². The Morgan fingerprint density at radius 1 is 1.47 bits per heavy atom. The fourth-order valence-corrected chi connectivity index (χ4v) is 3.89. The van der Waals surface area contributed by atoms with Crippen LogP contribution in [0.25, 0.3) is 0 Å². The predicted octanol–water partition coefficient (Wildman–Crippen LogP) is 2.70. The molecule has 1 aliphatic heterocycles. The first-order valence-corrected chi connectivity index (χ1v) is 6.95. The lowest BCUT2D eigenvalue weighted by Crippen LogP contribution is -2.47. The molecule has 0 amide bonds. The zero-order valence-corrected chi connectivity index (χ0v) is 12.1. The van der Waals surface area contributed by atoms with Crippen LogP contribution < -0.4 is 0 Å². The molecule has 1 fully saturated rings. The SMILES string of the molecule is CCN(CC)C[C@]12C=C[C@H]1N(I)[C@H](C)C2. The standard InChI is InChI=1S/C12H21IN2/c1-4-14(5-2)9-12-7-6-11(12)15(13)10(3)8-12/h6-7,10-11H,4-5,8-9H2,1-3H3/t10-,11-,12-/m1/s1. The topological polar surface area (TPSA) is 6.48 Å². The van der Waals surface area contributed by atoms with Crippen LogP contribution in [0.5, 0.6) is 0 Å². The van der Waals surface area contributed by atoms with Gasteiger partial charge in [0.15, 0.2) is 0 Å². The van der Waals surface area contributed by atoms with Crippen molar-refractivity contribution in [3.63, 3.8) is 0 Å². The van der Waals surface area contributed by atoms with Gasteiger partial charge in [0.2, 0.25) is 0 Å². The van der Waals surface area contributed by atoms with E-state index < -0.39 is 0 Å². The van der Waals surface area contributed by atoms with Crippen LogP contribution in [0.15, 0.2) is 12.2 Å². The number of hydrogen-bond donors (Lipinski definition) is 0. The van der Waals surface area contributed by atoms with Crippen molar-refractivity contribution < 1.29 is 0 Å². The summed E-state index contributed by atoms with van der Waals surface area (Å²) < 4.78 is 2.50. The highest BCUT2D eigenvalue weighted by atomic mass is 127. The van der Waals surface area contributed by atoms with Gasteiger partial charge in [-0.05, 0) is 26.4 Å². The lowest BCUT2D eigenvalue weighted by atomic mass is 9.71. The molecule has 0 aromatic rings. The van der Waals surface area contributed by atoms with E-state index in [9.17, 15) is 0 Å². The van der Waals surface area contributed by atoms with Gasteiger partial charge < -0.3 is 4.90 Å². The van der Waals surface area contributed by atoms with E-state index in [1.54, 1.807) is 0 Å². The molecule has 0 spiro atoms. The Hall–Kier alpha value is 0.390. The number of nitrogens with zero attached hydrogens (tertiary/aromatic N) is 2. The fourth-order valence-electron chi connectivity index (χ4n) is 2.96. The van der Waals surface area contributed by atoms with E-state index in [1.165, 1.54) is 26.1 Å². The number of halogens is 1. The van der Waals surface area contributed by atoms with Crippen LogP contribution in [-0.4, -0.2) is 39.7 Å². The molecule has 3 atom stereocenters. The molecule has 86 valence electrons. The second-order valence-corrected chi connectivity index (χ2v) is 6.01. The fraction of sp³-hybridized carbons (Fsp3) is 0.833. The number of rotatable bonds is 4. The van der Waals surface area contributed by atoms with Crippen LogP contribution in [0.4, 0.5) is 0 Å². The van der Waals surface area contributed by atoms with Gasteiger partial charge >= 0.3 is 0 Å². The molecule has 2 rings (SSSR count). The van der Waals surface area contributed by atoms with Crippen LogP contribution in [0.1, 0.15) is 27.2 Å². The van der Waals surface area contributed by atoms with E-state index in [0.717, 1.165) is 6.04 Å². The lowest BCUT2D eigenvalue weighted by molar-refractivity contribution is 0.173. The Labute approximate surface area is 107 Å². The molecule has 1 heterocycles. The predicted molar refractivity (Wildman–Crippen MR) is 73.1 cm³/mol. The summed E-state index contributed by atoms with van der Waals surface area (Å²) >= 11 is 2.49. The van der Waals surface area contributed by atoms with Crippen LogP contribution in [0.3, 0.4) is 0 Å². The second kappa shape index (κ2) is 4.34. The van der Waals surface area contributed by atoms with Crippen molar-refractivity contribution in [3.8, 4) is 0 Å². The normalized spacial score (nSPS) is 39.5. The van der Waals surface area contributed by atoms with Gasteiger partial charge in [-0.1, -0.05) is 26.0 Å². The van der Waals surface area contributed by atoms with E-state index in [2.05, 4.69) is 63.8 Å². The molecule has 0 bridgehead atoms. The van der Waals surface area contributed by atoms with Gasteiger partial charge in [0.05, 0.1) is 0 Å². The van der Waals surface area contributed by atoms with Crippen LogP contribution >= 0.6 is 22.9 Å². The Morgan fingerprint density at radius 2 is 2.13 bits per heavy atom. The minimum atomic E-state index is 0.465. The average Bonchev–Trinajstić information content (AvgIpc) is 2.36. The smallest absolute Gasteiger partial charge is 0.0481 e. The zero-order chi connectivity index (χ0) is 11.1. The van der Waals surface area contributed by atoms with Crippen molar-refractivity contribution in [2.24, 2.45) is 5.41 Å². The molecule has 1 saturated heterocycles. The molecule has 15 heavy (non-hydrogen) atoms. The first kappa shape index (κ1) is 11.9. The van der Waals surface area contributed by atoms with Crippen molar-refractivity contribution in [1.29, 1.82) is 0 Å². The van der Waals surface area contributed by atoms with Crippen LogP contribution in [0.2, 0.25) is 0 Å². The largest absolute Gasteiger partial charge is 0.303 e. The molecule has 0 aromatic carbocycles. The van der Waals surface area contributed by atoms with Crippen molar-refractivity contribution in [2.75, 3.05) is 19.6 Å². The Balaban J connectivity index is 2.06. The maximum atomic E-state index is 2.55. The third-order valence-electron chi connectivity index (χ3n) is 3.97. The zero-order valence-electron chi connectivity index (χ0n) is 9.91. The van der Waals surface area contributed by atoms with E-state index >= 15 is 0 Å². The second-order valence-electron chi connectivity index (χ2n) is 4.90. The van der Waals surface area contributed by atoms with Gasteiger partial charge in [0.1, 0.15) is 0 Å². The summed E-state index contributed by atoms with van der Waals surface area (Å²) in [6.45, 7) is 10.5. The first-order valence-electron chi connectivity index (χ1n) is 5.99. The van der Waals surface area contributed by atoms with Crippen molar-refractivity contribution in [3.05, 3.63) is 12.2 Å². The molecule has 0 unspecified atom stereocenters. The summed E-state index contributed by atoms with van der Waals surface area (Å²) in [4.78, 5) is 2.55. The number of hydrogen-bond acceptors (Lipinski definition) is 2. The summed E-state index contributed by atoms with van der Waals surface area (Å²) in [5, 5.41) is 0. The summed E-state index contributed by atoms with van der Waals surface area (Å²) in [5.74, 6) is 0. The average molecular weight is 320 g/mol. The molecule has 0 radical (unpaired) electrons. The minimum Gasteiger partial charge on any atom is -0.303 e. The molecule has 0 aromatic heterocycles. The molecule has 3 heteroatoms. The Kier molecular flexibility index (Phi) is 3.43. The minimum absolute atomic E-state index is 0.465. The van der Waals surface area contributed by atoms with Gasteiger partial charge in [-0.15, -0.1) is 0 Å². The van der Waals surface area contributed by atoms with Gasteiger partial charge in [0.25, 0.3) is 0 Å². The summed E-state index contributed by atoms with van der Waals surface area (Å²) in [5.41, 5.74) is 0.465. The van der Waals surface area contributed by atoms with Gasteiger partial charge in [-0.3, -0.25) is 0 Å². The molecule has 0 N–H and O–H groups in total. The Bertz CT molecular complexity index is 262. The van der Waals surface area contributed by atoms with Crippen LogP contribution in [-0.2, 0) is 0 Å². The summed E-state index contributed by atoms with van der Waals surface area (Å²) in [7, 11) is 0. The van der Waals surface area contributed by atoms with E-state index in [1.807, 2.05) is 0 Å². The summed E-state index contributed by atoms with van der Waals surface area (Å²) in [6.07, 6.45) is 6.15. The molecular formula is C12H21IN2. The Morgan fingerprint density at radius 3 is 2.53 bits per heavy atom. The molecular weight excluding hydrogens is 299 g/mol. The van der Waals surface area contributed by atoms with Gasteiger partial charge in [0, 0.05) is 46.9 Å². The molecule has 1 aliphatic carbocycles. The quantitative estimate of drug-likeness (QED) is 0.446. The molecule has 2 nitrogen and oxygen atoms in total. The van der Waals surface area contributed by atoms with Crippen molar-refractivity contribution >= 4 is 22.9 Å². The highest BCUT2D eigenvalue weighted by Gasteiger charge is 2.52.